The summed E-state index contributed by atoms with van der Waals surface area (Å²) in [5.41, 5.74) is 0.787. The lowest BCUT2D eigenvalue weighted by Gasteiger charge is -2.39. The van der Waals surface area contributed by atoms with E-state index in [0.29, 0.717) is 32.4 Å². The van der Waals surface area contributed by atoms with Gasteiger partial charge in [0.2, 0.25) is 0 Å². The molecule has 0 bridgehead atoms. The Hall–Kier alpha value is -2.86. The zero-order valence-electron chi connectivity index (χ0n) is 17.7. The Bertz CT molecular complexity index is 798. The first-order chi connectivity index (χ1) is 14.4. The molecule has 3 N–H and O–H groups in total. The van der Waals surface area contributed by atoms with Crippen LogP contribution in [0.5, 0.6) is 0 Å². The fourth-order valence-electron chi connectivity index (χ4n) is 3.98. The van der Waals surface area contributed by atoms with E-state index < -0.39 is 23.7 Å². The molecule has 0 aliphatic carbocycles. The summed E-state index contributed by atoms with van der Waals surface area (Å²) in [6, 6.07) is 18.2. The summed E-state index contributed by atoms with van der Waals surface area (Å²) >= 11 is 0. The van der Waals surface area contributed by atoms with Crippen molar-refractivity contribution in [1.82, 2.24) is 15.5 Å². The van der Waals surface area contributed by atoms with Crippen LogP contribution < -0.4 is 10.6 Å². The van der Waals surface area contributed by atoms with E-state index in [2.05, 4.69) is 24.5 Å². The largest absolute Gasteiger partial charge is 0.387 e. The smallest absolute Gasteiger partial charge is 0.325 e. The summed E-state index contributed by atoms with van der Waals surface area (Å²) in [6.07, 6.45) is 1.39. The zero-order valence-corrected chi connectivity index (χ0v) is 17.7. The minimum Gasteiger partial charge on any atom is -0.387 e. The van der Waals surface area contributed by atoms with Crippen molar-refractivity contribution in [2.45, 2.75) is 44.8 Å². The second-order valence-electron chi connectivity index (χ2n) is 8.44. The van der Waals surface area contributed by atoms with Gasteiger partial charge in [0.05, 0.1) is 11.6 Å². The Balaban J connectivity index is 1.90. The molecule has 1 heterocycles. The Morgan fingerprint density at radius 2 is 1.60 bits per heavy atom. The molecule has 4 amide bonds. The number of imide groups is 1. The summed E-state index contributed by atoms with van der Waals surface area (Å²) in [5, 5.41) is 17.6. The number of amides is 4. The van der Waals surface area contributed by atoms with Crippen LogP contribution in [0.25, 0.3) is 0 Å². The quantitative estimate of drug-likeness (QED) is 0.625. The highest BCUT2D eigenvalue weighted by molar-refractivity contribution is 5.95. The molecule has 6 heteroatoms. The average molecular weight is 410 g/mol. The van der Waals surface area contributed by atoms with Gasteiger partial charge in [0.1, 0.15) is 0 Å². The van der Waals surface area contributed by atoms with Gasteiger partial charge in [0.25, 0.3) is 0 Å². The molecule has 1 fully saturated rings. The number of urea groups is 2. The van der Waals surface area contributed by atoms with Gasteiger partial charge in [-0.1, -0.05) is 74.5 Å². The van der Waals surface area contributed by atoms with Gasteiger partial charge in [-0.05, 0) is 23.5 Å². The van der Waals surface area contributed by atoms with Crippen LogP contribution in [0, 0.1) is 5.92 Å². The van der Waals surface area contributed by atoms with Crippen molar-refractivity contribution < 1.29 is 14.7 Å². The lowest BCUT2D eigenvalue weighted by molar-refractivity contribution is -0.00228. The molecule has 1 atom stereocenters. The molecule has 0 radical (unpaired) electrons. The van der Waals surface area contributed by atoms with E-state index in [4.69, 9.17) is 0 Å². The van der Waals surface area contributed by atoms with Gasteiger partial charge in [-0.3, -0.25) is 0 Å². The summed E-state index contributed by atoms with van der Waals surface area (Å²) < 4.78 is 0. The fourth-order valence-corrected chi connectivity index (χ4v) is 3.98. The molecule has 0 spiro atoms. The molecule has 0 saturated carbocycles. The molecule has 0 unspecified atom stereocenters. The molecular formula is C24H31N3O3. The number of nitrogens with one attached hydrogen (secondary N) is 2. The lowest BCUT2D eigenvalue weighted by Crippen LogP contribution is -2.58. The SMILES string of the molecule is CC(C)C[C@H](NC(=O)N1CCNC1=O)C(O)(Cc1ccccc1)Cc1ccccc1. The Labute approximate surface area is 178 Å². The topological polar surface area (TPSA) is 81.7 Å². The van der Waals surface area contributed by atoms with Crippen LogP contribution in [0.2, 0.25) is 0 Å². The van der Waals surface area contributed by atoms with E-state index in [9.17, 15) is 14.7 Å². The highest BCUT2D eigenvalue weighted by atomic mass is 16.3. The fraction of sp³-hybridized carbons (Fsp3) is 0.417. The van der Waals surface area contributed by atoms with Crippen molar-refractivity contribution in [3.63, 3.8) is 0 Å². The third-order valence-corrected chi connectivity index (χ3v) is 5.46. The van der Waals surface area contributed by atoms with Crippen LogP contribution in [0.4, 0.5) is 9.59 Å². The van der Waals surface area contributed by atoms with E-state index in [1.54, 1.807) is 0 Å². The standard InChI is InChI=1S/C24H31N3O3/c1-18(2)15-21(26-23(29)27-14-13-25-22(27)28)24(30,16-19-9-5-3-6-10-19)17-20-11-7-4-8-12-20/h3-12,18,21,30H,13-17H2,1-2H3,(H,25,28)(H,26,29)/t21-/m0/s1. The monoisotopic (exact) mass is 409 g/mol. The van der Waals surface area contributed by atoms with Crippen molar-refractivity contribution >= 4 is 12.1 Å². The number of nitrogens with zero attached hydrogens (tertiary/aromatic N) is 1. The minimum atomic E-state index is -1.21. The summed E-state index contributed by atoms with van der Waals surface area (Å²) in [7, 11) is 0. The molecule has 30 heavy (non-hydrogen) atoms. The summed E-state index contributed by atoms with van der Waals surface area (Å²) in [4.78, 5) is 26.0. The van der Waals surface area contributed by atoms with Gasteiger partial charge in [0, 0.05) is 25.9 Å². The Morgan fingerprint density at radius 3 is 2.03 bits per heavy atom. The van der Waals surface area contributed by atoms with E-state index in [1.807, 2.05) is 60.7 Å². The summed E-state index contributed by atoms with van der Waals surface area (Å²) in [6.45, 7) is 4.90. The minimum absolute atomic E-state index is 0.251. The molecule has 3 rings (SSSR count). The first-order valence-electron chi connectivity index (χ1n) is 10.5. The lowest BCUT2D eigenvalue weighted by atomic mass is 9.78. The molecule has 1 saturated heterocycles. The number of aliphatic hydroxyl groups is 1. The number of hydrogen-bond donors (Lipinski definition) is 3. The molecule has 1 aliphatic rings. The van der Waals surface area contributed by atoms with Gasteiger partial charge >= 0.3 is 12.1 Å². The van der Waals surface area contributed by atoms with Crippen molar-refractivity contribution in [2.75, 3.05) is 13.1 Å². The normalized spacial score (nSPS) is 15.2. The van der Waals surface area contributed by atoms with Gasteiger partial charge in [-0.2, -0.15) is 0 Å². The van der Waals surface area contributed by atoms with Crippen LogP contribution in [0.1, 0.15) is 31.4 Å². The first kappa shape index (κ1) is 21.8. The number of hydrogen-bond acceptors (Lipinski definition) is 3. The average Bonchev–Trinajstić information content (AvgIpc) is 3.14. The van der Waals surface area contributed by atoms with Crippen LogP contribution in [-0.2, 0) is 12.8 Å². The van der Waals surface area contributed by atoms with E-state index in [0.717, 1.165) is 11.1 Å². The van der Waals surface area contributed by atoms with Crippen LogP contribution in [0.3, 0.4) is 0 Å². The predicted molar refractivity (Wildman–Crippen MR) is 117 cm³/mol. The van der Waals surface area contributed by atoms with E-state index in [-0.39, 0.29) is 5.92 Å². The predicted octanol–water partition coefficient (Wildman–Crippen LogP) is 3.35. The maximum Gasteiger partial charge on any atom is 0.325 e. The second-order valence-corrected chi connectivity index (χ2v) is 8.44. The van der Waals surface area contributed by atoms with Gasteiger partial charge in [0.15, 0.2) is 0 Å². The van der Waals surface area contributed by atoms with Crippen molar-refractivity contribution in [2.24, 2.45) is 5.92 Å². The molecule has 6 nitrogen and oxygen atoms in total. The highest BCUT2D eigenvalue weighted by Gasteiger charge is 2.40. The molecule has 0 aromatic heterocycles. The number of benzene rings is 2. The molecule has 1 aliphatic heterocycles. The van der Waals surface area contributed by atoms with Gasteiger partial charge in [-0.25, -0.2) is 14.5 Å². The zero-order chi connectivity index (χ0) is 21.6. The Kier molecular flexibility index (Phi) is 7.11. The third-order valence-electron chi connectivity index (χ3n) is 5.46. The third kappa shape index (κ3) is 5.60. The molecule has 2 aromatic carbocycles. The van der Waals surface area contributed by atoms with E-state index in [1.165, 1.54) is 4.90 Å². The second kappa shape index (κ2) is 9.76. The first-order valence-corrected chi connectivity index (χ1v) is 10.5. The van der Waals surface area contributed by atoms with E-state index >= 15 is 0 Å². The molecular weight excluding hydrogens is 378 g/mol. The number of carbonyl (C=O) groups is 2. The molecule has 160 valence electrons. The van der Waals surface area contributed by atoms with Crippen molar-refractivity contribution in [3.8, 4) is 0 Å². The van der Waals surface area contributed by atoms with Gasteiger partial charge in [-0.15, -0.1) is 0 Å². The number of carbonyl (C=O) groups excluding carboxylic acids is 2. The maximum absolute atomic E-state index is 12.8. The Morgan fingerprint density at radius 1 is 1.07 bits per heavy atom. The van der Waals surface area contributed by atoms with Crippen molar-refractivity contribution in [1.29, 1.82) is 0 Å². The highest BCUT2D eigenvalue weighted by Crippen LogP contribution is 2.27. The molecule has 2 aromatic rings. The van der Waals surface area contributed by atoms with Crippen LogP contribution in [-0.4, -0.2) is 46.8 Å². The van der Waals surface area contributed by atoms with Crippen molar-refractivity contribution in [3.05, 3.63) is 71.8 Å². The van der Waals surface area contributed by atoms with Crippen LogP contribution in [0.15, 0.2) is 60.7 Å². The maximum atomic E-state index is 12.8. The van der Waals surface area contributed by atoms with Gasteiger partial charge < -0.3 is 15.7 Å². The number of rotatable bonds is 8. The summed E-state index contributed by atoms with van der Waals surface area (Å²) in [5.74, 6) is 0.251. The van der Waals surface area contributed by atoms with Crippen LogP contribution >= 0.6 is 0 Å².